The second kappa shape index (κ2) is 7.60. The lowest BCUT2D eigenvalue weighted by Gasteiger charge is -2.36. The Labute approximate surface area is 128 Å². The predicted octanol–water partition coefficient (Wildman–Crippen LogP) is 3.37. The van der Waals surface area contributed by atoms with Crippen LogP contribution in [-0.4, -0.2) is 35.1 Å². The van der Waals surface area contributed by atoms with Crippen molar-refractivity contribution in [3.8, 4) is 0 Å². The fourth-order valence-electron chi connectivity index (χ4n) is 3.25. The fraction of sp³-hybridized carbons (Fsp3) is 0.611. The molecule has 1 aromatic carbocycles. The van der Waals surface area contributed by atoms with Crippen LogP contribution in [0.15, 0.2) is 24.3 Å². The number of carbonyl (C=O) groups is 1. The number of piperidine rings is 1. The Balaban J connectivity index is 1.99. The molecule has 2 atom stereocenters. The Bertz CT molecular complexity index is 455. The molecule has 2 unspecified atom stereocenters. The maximum atomic E-state index is 11.2. The number of hydrogen-bond acceptors (Lipinski definition) is 2. The topological polar surface area (TPSA) is 40.5 Å². The van der Waals surface area contributed by atoms with E-state index >= 15 is 0 Å². The molecule has 1 saturated heterocycles. The molecule has 1 fully saturated rings. The van der Waals surface area contributed by atoms with Crippen molar-refractivity contribution in [2.75, 3.05) is 13.1 Å². The fourth-order valence-corrected chi connectivity index (χ4v) is 3.25. The van der Waals surface area contributed by atoms with Crippen LogP contribution in [0.3, 0.4) is 0 Å². The summed E-state index contributed by atoms with van der Waals surface area (Å²) in [5, 5.41) is 9.23. The summed E-state index contributed by atoms with van der Waals surface area (Å²) in [6.45, 7) is 6.12. The van der Waals surface area contributed by atoms with E-state index in [0.29, 0.717) is 12.6 Å². The lowest BCUT2D eigenvalue weighted by molar-refractivity contribution is -0.143. The number of hydrogen-bond donors (Lipinski definition) is 1. The molecule has 0 spiro atoms. The molecule has 0 bridgehead atoms. The molecule has 0 radical (unpaired) electrons. The molecule has 2 rings (SSSR count). The third-order valence-electron chi connectivity index (χ3n) is 4.69. The van der Waals surface area contributed by atoms with E-state index in [1.165, 1.54) is 11.1 Å². The van der Waals surface area contributed by atoms with Gasteiger partial charge in [-0.3, -0.25) is 9.69 Å². The Kier molecular flexibility index (Phi) is 5.80. The number of nitrogens with zero attached hydrogens (tertiary/aromatic N) is 1. The van der Waals surface area contributed by atoms with Gasteiger partial charge in [0.05, 0.1) is 5.92 Å². The van der Waals surface area contributed by atoms with Crippen molar-refractivity contribution in [2.24, 2.45) is 5.92 Å². The molecular weight excluding hydrogens is 262 g/mol. The summed E-state index contributed by atoms with van der Waals surface area (Å²) in [6, 6.07) is 9.32. The number of likely N-dealkylation sites (tertiary alicyclic amines) is 1. The Hall–Kier alpha value is -1.35. The van der Waals surface area contributed by atoms with Crippen LogP contribution in [0.2, 0.25) is 0 Å². The molecule has 3 nitrogen and oxygen atoms in total. The van der Waals surface area contributed by atoms with E-state index in [1.54, 1.807) is 0 Å². The largest absolute Gasteiger partial charge is 0.481 e. The van der Waals surface area contributed by atoms with Gasteiger partial charge in [-0.1, -0.05) is 38.1 Å². The molecule has 1 aliphatic rings. The molecule has 0 amide bonds. The van der Waals surface area contributed by atoms with Crippen molar-refractivity contribution in [1.29, 1.82) is 0 Å². The first-order valence-electron chi connectivity index (χ1n) is 8.18. The second-order valence-corrected chi connectivity index (χ2v) is 6.11. The average Bonchev–Trinajstić information content (AvgIpc) is 2.53. The van der Waals surface area contributed by atoms with E-state index in [2.05, 4.69) is 43.0 Å². The average molecular weight is 289 g/mol. The number of aryl methyl sites for hydroxylation is 1. The van der Waals surface area contributed by atoms with Crippen molar-refractivity contribution < 1.29 is 9.90 Å². The van der Waals surface area contributed by atoms with Crippen LogP contribution >= 0.6 is 0 Å². The minimum Gasteiger partial charge on any atom is -0.481 e. The standard InChI is InChI=1S/C18H27NO2/c1-3-14-7-9-15(10-8-14)12-17(4-2)19-11-5-6-16(13-19)18(20)21/h7-10,16-17H,3-6,11-13H2,1-2H3,(H,20,21). The third-order valence-corrected chi connectivity index (χ3v) is 4.69. The van der Waals surface area contributed by atoms with E-state index in [9.17, 15) is 9.90 Å². The van der Waals surface area contributed by atoms with E-state index < -0.39 is 5.97 Å². The summed E-state index contributed by atoms with van der Waals surface area (Å²) in [6.07, 6.45) is 4.99. The van der Waals surface area contributed by atoms with Crippen molar-refractivity contribution in [1.82, 2.24) is 4.90 Å². The third kappa shape index (κ3) is 4.31. The Morgan fingerprint density at radius 2 is 1.95 bits per heavy atom. The van der Waals surface area contributed by atoms with Crippen molar-refractivity contribution >= 4 is 5.97 Å². The molecule has 21 heavy (non-hydrogen) atoms. The predicted molar refractivity (Wildman–Crippen MR) is 85.5 cm³/mol. The van der Waals surface area contributed by atoms with Gasteiger partial charge in [0.15, 0.2) is 0 Å². The van der Waals surface area contributed by atoms with Crippen LogP contribution in [0.4, 0.5) is 0 Å². The number of carboxylic acids is 1. The maximum Gasteiger partial charge on any atom is 0.307 e. The van der Waals surface area contributed by atoms with Crippen LogP contribution in [0.1, 0.15) is 44.2 Å². The second-order valence-electron chi connectivity index (χ2n) is 6.11. The molecule has 116 valence electrons. The number of carboxylic acid groups (broad SMARTS) is 1. The van der Waals surface area contributed by atoms with Gasteiger partial charge in [-0.2, -0.15) is 0 Å². The molecule has 1 heterocycles. The first kappa shape index (κ1) is 16.0. The molecule has 1 N–H and O–H groups in total. The van der Waals surface area contributed by atoms with Crippen LogP contribution in [0, 0.1) is 5.92 Å². The first-order chi connectivity index (χ1) is 10.1. The highest BCUT2D eigenvalue weighted by atomic mass is 16.4. The van der Waals surface area contributed by atoms with Gasteiger partial charge in [-0.05, 0) is 49.8 Å². The maximum absolute atomic E-state index is 11.2. The van der Waals surface area contributed by atoms with Gasteiger partial charge in [0.1, 0.15) is 0 Å². The minimum absolute atomic E-state index is 0.185. The van der Waals surface area contributed by atoms with Gasteiger partial charge >= 0.3 is 5.97 Å². The summed E-state index contributed by atoms with van der Waals surface area (Å²) >= 11 is 0. The van der Waals surface area contributed by atoms with Gasteiger partial charge in [-0.25, -0.2) is 0 Å². The summed E-state index contributed by atoms with van der Waals surface area (Å²) in [4.78, 5) is 13.6. The van der Waals surface area contributed by atoms with E-state index in [0.717, 1.165) is 38.6 Å². The number of benzene rings is 1. The van der Waals surface area contributed by atoms with E-state index in [-0.39, 0.29) is 5.92 Å². The lowest BCUT2D eigenvalue weighted by Crippen LogP contribution is -2.45. The highest BCUT2D eigenvalue weighted by Gasteiger charge is 2.28. The first-order valence-corrected chi connectivity index (χ1v) is 8.18. The van der Waals surface area contributed by atoms with Crippen LogP contribution in [-0.2, 0) is 17.6 Å². The minimum atomic E-state index is -0.637. The van der Waals surface area contributed by atoms with Gasteiger partial charge in [0.2, 0.25) is 0 Å². The van der Waals surface area contributed by atoms with Gasteiger partial charge in [-0.15, -0.1) is 0 Å². The zero-order chi connectivity index (χ0) is 15.2. The van der Waals surface area contributed by atoms with Crippen LogP contribution < -0.4 is 0 Å². The van der Waals surface area contributed by atoms with Gasteiger partial charge < -0.3 is 5.11 Å². The summed E-state index contributed by atoms with van der Waals surface area (Å²) in [7, 11) is 0. The number of aliphatic carboxylic acids is 1. The summed E-state index contributed by atoms with van der Waals surface area (Å²) in [5.41, 5.74) is 2.73. The lowest BCUT2D eigenvalue weighted by atomic mass is 9.94. The van der Waals surface area contributed by atoms with Crippen molar-refractivity contribution in [2.45, 2.75) is 52.0 Å². The Morgan fingerprint density at radius 1 is 1.29 bits per heavy atom. The van der Waals surface area contributed by atoms with Gasteiger partial charge in [0.25, 0.3) is 0 Å². The van der Waals surface area contributed by atoms with Gasteiger partial charge in [0, 0.05) is 12.6 Å². The SMILES string of the molecule is CCc1ccc(CC(CC)N2CCCC(C(=O)O)C2)cc1. The molecule has 1 aliphatic heterocycles. The van der Waals surface area contributed by atoms with Crippen molar-refractivity contribution in [3.63, 3.8) is 0 Å². The normalized spacial score (nSPS) is 21.1. The van der Waals surface area contributed by atoms with Crippen molar-refractivity contribution in [3.05, 3.63) is 35.4 Å². The monoisotopic (exact) mass is 289 g/mol. The number of rotatable bonds is 6. The molecule has 3 heteroatoms. The molecule has 0 aromatic heterocycles. The Morgan fingerprint density at radius 3 is 2.52 bits per heavy atom. The van der Waals surface area contributed by atoms with Crippen LogP contribution in [0.5, 0.6) is 0 Å². The molecular formula is C18H27NO2. The summed E-state index contributed by atoms with van der Waals surface area (Å²) < 4.78 is 0. The van der Waals surface area contributed by atoms with E-state index in [1.807, 2.05) is 0 Å². The quantitative estimate of drug-likeness (QED) is 0.873. The summed E-state index contributed by atoms with van der Waals surface area (Å²) in [5.74, 6) is -0.822. The zero-order valence-electron chi connectivity index (χ0n) is 13.2. The smallest absolute Gasteiger partial charge is 0.307 e. The molecule has 0 aliphatic carbocycles. The molecule has 1 aromatic rings. The van der Waals surface area contributed by atoms with E-state index in [4.69, 9.17) is 0 Å². The zero-order valence-corrected chi connectivity index (χ0v) is 13.2. The highest BCUT2D eigenvalue weighted by molar-refractivity contribution is 5.70. The molecule has 0 saturated carbocycles. The highest BCUT2D eigenvalue weighted by Crippen LogP contribution is 2.22. The van der Waals surface area contributed by atoms with Crippen LogP contribution in [0.25, 0.3) is 0 Å².